The van der Waals surface area contributed by atoms with E-state index in [0.717, 1.165) is 12.0 Å². The van der Waals surface area contributed by atoms with E-state index in [1.807, 2.05) is 11.8 Å². The maximum Gasteiger partial charge on any atom is 0.00672 e. The van der Waals surface area contributed by atoms with E-state index >= 15 is 0 Å². The quantitative estimate of drug-likeness (QED) is 0.535. The second kappa shape index (κ2) is 10.1. The molecule has 0 amide bonds. The molecule has 20 heavy (non-hydrogen) atoms. The van der Waals surface area contributed by atoms with E-state index < -0.39 is 0 Å². The monoisotopic (exact) mass is 299 g/mol. The molecule has 1 aliphatic carbocycles. The highest BCUT2D eigenvalue weighted by Crippen LogP contribution is 2.40. The standard InChI is InChI=1S/C18H37NS/c1-5-18(2,3)16-10-12-17(13-11-16)19-14-8-6-7-9-15-20-4/h16-17,19H,5-15H2,1-4H3. The SMILES string of the molecule is CCC(C)(C)C1CCC(NCCCCCCSC)CC1. The summed E-state index contributed by atoms with van der Waals surface area (Å²) in [6, 6.07) is 0.810. The highest BCUT2D eigenvalue weighted by atomic mass is 32.2. The van der Waals surface area contributed by atoms with E-state index in [2.05, 4.69) is 32.3 Å². The molecule has 0 unspecified atom stereocenters. The topological polar surface area (TPSA) is 12.0 Å². The molecule has 0 aromatic heterocycles. The summed E-state index contributed by atoms with van der Waals surface area (Å²) in [5.74, 6) is 2.29. The first-order chi connectivity index (χ1) is 9.60. The van der Waals surface area contributed by atoms with Gasteiger partial charge < -0.3 is 5.32 Å². The van der Waals surface area contributed by atoms with Gasteiger partial charge in [0, 0.05) is 6.04 Å². The number of thioether (sulfide) groups is 1. The van der Waals surface area contributed by atoms with Crippen LogP contribution in [-0.4, -0.2) is 24.6 Å². The van der Waals surface area contributed by atoms with Crippen LogP contribution in [0.3, 0.4) is 0 Å². The van der Waals surface area contributed by atoms with Gasteiger partial charge in [0.2, 0.25) is 0 Å². The van der Waals surface area contributed by atoms with E-state index in [0.29, 0.717) is 5.41 Å². The van der Waals surface area contributed by atoms with Gasteiger partial charge in [-0.2, -0.15) is 11.8 Å². The van der Waals surface area contributed by atoms with Gasteiger partial charge in [0.1, 0.15) is 0 Å². The fourth-order valence-corrected chi connectivity index (χ4v) is 3.89. The van der Waals surface area contributed by atoms with E-state index in [4.69, 9.17) is 0 Å². The Hall–Kier alpha value is 0.310. The van der Waals surface area contributed by atoms with Crippen molar-refractivity contribution < 1.29 is 0 Å². The first-order valence-electron chi connectivity index (χ1n) is 8.82. The molecule has 0 bridgehead atoms. The van der Waals surface area contributed by atoms with E-state index in [9.17, 15) is 0 Å². The van der Waals surface area contributed by atoms with Crippen LogP contribution in [0.1, 0.15) is 78.6 Å². The summed E-state index contributed by atoms with van der Waals surface area (Å²) < 4.78 is 0. The first kappa shape index (κ1) is 18.4. The number of nitrogens with one attached hydrogen (secondary N) is 1. The predicted molar refractivity (Wildman–Crippen MR) is 94.7 cm³/mol. The lowest BCUT2D eigenvalue weighted by molar-refractivity contribution is 0.137. The van der Waals surface area contributed by atoms with Crippen LogP contribution in [0.2, 0.25) is 0 Å². The van der Waals surface area contributed by atoms with Crippen LogP contribution in [0.15, 0.2) is 0 Å². The van der Waals surface area contributed by atoms with Gasteiger partial charge in [0.05, 0.1) is 0 Å². The highest BCUT2D eigenvalue weighted by molar-refractivity contribution is 7.98. The summed E-state index contributed by atoms with van der Waals surface area (Å²) >= 11 is 1.98. The second-order valence-electron chi connectivity index (χ2n) is 7.25. The molecule has 0 saturated heterocycles. The summed E-state index contributed by atoms with van der Waals surface area (Å²) in [5.41, 5.74) is 0.558. The average Bonchev–Trinajstić information content (AvgIpc) is 2.47. The molecule has 1 aliphatic rings. The smallest absolute Gasteiger partial charge is 0.00672 e. The molecule has 0 aromatic carbocycles. The Bertz CT molecular complexity index is 232. The van der Waals surface area contributed by atoms with Crippen LogP contribution in [0.5, 0.6) is 0 Å². The third-order valence-electron chi connectivity index (χ3n) is 5.45. The summed E-state index contributed by atoms with van der Waals surface area (Å²) in [6.45, 7) is 8.51. The Morgan fingerprint density at radius 1 is 1.00 bits per heavy atom. The Kier molecular flexibility index (Phi) is 9.28. The lowest BCUT2D eigenvalue weighted by Crippen LogP contribution is -2.37. The Balaban J connectivity index is 2.02. The first-order valence-corrected chi connectivity index (χ1v) is 10.2. The number of hydrogen-bond donors (Lipinski definition) is 1. The molecule has 1 fully saturated rings. The molecule has 1 nitrogen and oxygen atoms in total. The number of hydrogen-bond acceptors (Lipinski definition) is 2. The highest BCUT2D eigenvalue weighted by Gasteiger charge is 2.31. The van der Waals surface area contributed by atoms with Gasteiger partial charge in [-0.05, 0) is 68.4 Å². The molecule has 0 spiro atoms. The van der Waals surface area contributed by atoms with E-state index in [1.54, 1.807) is 0 Å². The Morgan fingerprint density at radius 3 is 2.25 bits per heavy atom. The molecule has 1 N–H and O–H groups in total. The second-order valence-corrected chi connectivity index (χ2v) is 8.24. The minimum absolute atomic E-state index is 0.558. The molecule has 0 radical (unpaired) electrons. The van der Waals surface area contributed by atoms with Crippen molar-refractivity contribution in [3.8, 4) is 0 Å². The number of rotatable bonds is 10. The molecule has 0 heterocycles. The van der Waals surface area contributed by atoms with Crippen molar-refractivity contribution in [1.29, 1.82) is 0 Å². The minimum Gasteiger partial charge on any atom is -0.314 e. The number of unbranched alkanes of at least 4 members (excludes halogenated alkanes) is 3. The summed E-state index contributed by atoms with van der Waals surface area (Å²) in [5, 5.41) is 3.80. The molecule has 0 aliphatic heterocycles. The van der Waals surface area contributed by atoms with Gasteiger partial charge in [-0.3, -0.25) is 0 Å². The van der Waals surface area contributed by atoms with Crippen LogP contribution < -0.4 is 5.32 Å². The summed E-state index contributed by atoms with van der Waals surface area (Å²) in [6.07, 6.45) is 14.8. The van der Waals surface area contributed by atoms with Crippen molar-refractivity contribution in [1.82, 2.24) is 5.32 Å². The molecular weight excluding hydrogens is 262 g/mol. The van der Waals surface area contributed by atoms with Crippen molar-refractivity contribution in [2.45, 2.75) is 84.6 Å². The van der Waals surface area contributed by atoms with Crippen LogP contribution in [0.25, 0.3) is 0 Å². The third-order valence-corrected chi connectivity index (χ3v) is 6.15. The van der Waals surface area contributed by atoms with Crippen LogP contribution in [-0.2, 0) is 0 Å². The normalized spacial score (nSPS) is 24.0. The molecular formula is C18H37NS. The zero-order chi connectivity index (χ0) is 14.8. The van der Waals surface area contributed by atoms with Crippen molar-refractivity contribution >= 4 is 11.8 Å². The zero-order valence-electron chi connectivity index (χ0n) is 14.3. The van der Waals surface area contributed by atoms with Gasteiger partial charge in [-0.25, -0.2) is 0 Å². The van der Waals surface area contributed by atoms with Crippen molar-refractivity contribution in [3.63, 3.8) is 0 Å². The van der Waals surface area contributed by atoms with Crippen LogP contribution in [0.4, 0.5) is 0 Å². The van der Waals surface area contributed by atoms with E-state index in [1.165, 1.54) is 70.1 Å². The van der Waals surface area contributed by atoms with Crippen molar-refractivity contribution in [3.05, 3.63) is 0 Å². The van der Waals surface area contributed by atoms with Crippen molar-refractivity contribution in [2.24, 2.45) is 11.3 Å². The lowest BCUT2D eigenvalue weighted by Gasteiger charge is -2.39. The molecule has 1 saturated carbocycles. The van der Waals surface area contributed by atoms with Gasteiger partial charge in [-0.1, -0.05) is 40.0 Å². The largest absolute Gasteiger partial charge is 0.314 e. The molecule has 0 aromatic rings. The summed E-state index contributed by atoms with van der Waals surface area (Å²) in [4.78, 5) is 0. The van der Waals surface area contributed by atoms with Gasteiger partial charge in [0.15, 0.2) is 0 Å². The van der Waals surface area contributed by atoms with Crippen LogP contribution >= 0.6 is 11.8 Å². The molecule has 120 valence electrons. The van der Waals surface area contributed by atoms with Gasteiger partial charge in [-0.15, -0.1) is 0 Å². The molecule has 0 atom stereocenters. The average molecular weight is 300 g/mol. The fraction of sp³-hybridized carbons (Fsp3) is 1.00. The lowest BCUT2D eigenvalue weighted by atomic mass is 9.69. The Labute approximate surface area is 132 Å². The van der Waals surface area contributed by atoms with E-state index in [-0.39, 0.29) is 0 Å². The Morgan fingerprint density at radius 2 is 1.65 bits per heavy atom. The van der Waals surface area contributed by atoms with Crippen LogP contribution in [0, 0.1) is 11.3 Å². The van der Waals surface area contributed by atoms with Gasteiger partial charge in [0.25, 0.3) is 0 Å². The zero-order valence-corrected chi connectivity index (χ0v) is 15.2. The minimum atomic E-state index is 0.558. The maximum atomic E-state index is 3.80. The molecule has 1 rings (SSSR count). The fourth-order valence-electron chi connectivity index (χ4n) is 3.40. The van der Waals surface area contributed by atoms with Gasteiger partial charge >= 0.3 is 0 Å². The molecule has 2 heteroatoms. The maximum absolute atomic E-state index is 3.80. The predicted octanol–water partition coefficient (Wildman–Crippen LogP) is 5.49. The van der Waals surface area contributed by atoms with Crippen molar-refractivity contribution in [2.75, 3.05) is 18.6 Å². The summed E-state index contributed by atoms with van der Waals surface area (Å²) in [7, 11) is 0. The third kappa shape index (κ3) is 6.85.